The van der Waals surface area contributed by atoms with E-state index in [0.29, 0.717) is 12.4 Å². The number of amides is 1. The number of furan rings is 1. The monoisotopic (exact) mass is 241 g/mol. The molecule has 0 spiro atoms. The zero-order valence-corrected chi connectivity index (χ0v) is 10.4. The van der Waals surface area contributed by atoms with Crippen LogP contribution in [0.2, 0.25) is 0 Å². The van der Waals surface area contributed by atoms with Crippen molar-refractivity contribution >= 4 is 5.91 Å². The highest BCUT2D eigenvalue weighted by Crippen LogP contribution is 2.21. The van der Waals surface area contributed by atoms with E-state index in [2.05, 4.69) is 5.32 Å². The fourth-order valence-corrected chi connectivity index (χ4v) is 1.33. The van der Waals surface area contributed by atoms with Gasteiger partial charge in [-0.3, -0.25) is 4.79 Å². The molecule has 5 nitrogen and oxygen atoms in total. The van der Waals surface area contributed by atoms with Crippen molar-refractivity contribution in [3.63, 3.8) is 0 Å². The Labute approximate surface area is 101 Å². The van der Waals surface area contributed by atoms with Crippen LogP contribution in [0.1, 0.15) is 25.4 Å². The van der Waals surface area contributed by atoms with Gasteiger partial charge in [-0.15, -0.1) is 0 Å². The molecule has 0 aliphatic carbocycles. The van der Waals surface area contributed by atoms with Crippen LogP contribution in [0.15, 0.2) is 16.5 Å². The summed E-state index contributed by atoms with van der Waals surface area (Å²) < 4.78 is 10.3. The SMILES string of the molecule is CCOCC(=O)NC[C@@](C)(O)c1ccc(C)o1. The van der Waals surface area contributed by atoms with E-state index in [9.17, 15) is 9.90 Å². The van der Waals surface area contributed by atoms with Crippen LogP contribution in [-0.4, -0.2) is 30.8 Å². The molecule has 0 saturated heterocycles. The van der Waals surface area contributed by atoms with E-state index in [1.165, 1.54) is 0 Å². The van der Waals surface area contributed by atoms with Crippen molar-refractivity contribution in [1.82, 2.24) is 5.32 Å². The predicted octanol–water partition coefficient (Wildman–Crippen LogP) is 0.948. The summed E-state index contributed by atoms with van der Waals surface area (Å²) in [6, 6.07) is 3.47. The van der Waals surface area contributed by atoms with Crippen LogP contribution in [0.4, 0.5) is 0 Å². The van der Waals surface area contributed by atoms with Crippen LogP contribution in [0, 0.1) is 6.92 Å². The number of carbonyl (C=O) groups is 1. The van der Waals surface area contributed by atoms with E-state index in [1.54, 1.807) is 26.0 Å². The molecule has 0 aliphatic rings. The van der Waals surface area contributed by atoms with Gasteiger partial charge in [-0.1, -0.05) is 0 Å². The third-order valence-corrected chi connectivity index (χ3v) is 2.34. The van der Waals surface area contributed by atoms with Gasteiger partial charge < -0.3 is 19.6 Å². The van der Waals surface area contributed by atoms with Crippen LogP contribution in [0.3, 0.4) is 0 Å². The summed E-state index contributed by atoms with van der Waals surface area (Å²) >= 11 is 0. The molecular formula is C12H19NO4. The molecule has 1 amide bonds. The Morgan fingerprint density at radius 1 is 1.59 bits per heavy atom. The molecule has 0 aliphatic heterocycles. The minimum absolute atomic E-state index is 0.00373. The lowest BCUT2D eigenvalue weighted by atomic mass is 10.0. The summed E-state index contributed by atoms with van der Waals surface area (Å²) in [4.78, 5) is 11.3. The van der Waals surface area contributed by atoms with E-state index in [-0.39, 0.29) is 19.1 Å². The smallest absolute Gasteiger partial charge is 0.246 e. The lowest BCUT2D eigenvalue weighted by molar-refractivity contribution is -0.126. The highest BCUT2D eigenvalue weighted by Gasteiger charge is 2.27. The first-order chi connectivity index (χ1) is 7.95. The Hall–Kier alpha value is -1.33. The van der Waals surface area contributed by atoms with Gasteiger partial charge in [0, 0.05) is 6.61 Å². The van der Waals surface area contributed by atoms with E-state index in [0.717, 1.165) is 5.76 Å². The molecular weight excluding hydrogens is 222 g/mol. The molecule has 1 heterocycles. The number of ether oxygens (including phenoxy) is 1. The second kappa shape index (κ2) is 5.84. The maximum absolute atomic E-state index is 11.3. The standard InChI is InChI=1S/C12H19NO4/c1-4-16-7-11(14)13-8-12(3,15)10-6-5-9(2)17-10/h5-6,15H,4,7-8H2,1-3H3,(H,13,14)/t12-/m1/s1. The first kappa shape index (κ1) is 13.7. The van der Waals surface area contributed by atoms with E-state index in [4.69, 9.17) is 9.15 Å². The van der Waals surface area contributed by atoms with Gasteiger partial charge >= 0.3 is 0 Å². The van der Waals surface area contributed by atoms with Gasteiger partial charge in [0.1, 0.15) is 23.7 Å². The second-order valence-electron chi connectivity index (χ2n) is 4.10. The molecule has 0 unspecified atom stereocenters. The van der Waals surface area contributed by atoms with Crippen molar-refractivity contribution < 1.29 is 19.1 Å². The summed E-state index contributed by atoms with van der Waals surface area (Å²) in [5, 5.41) is 12.7. The fourth-order valence-electron chi connectivity index (χ4n) is 1.33. The molecule has 0 radical (unpaired) electrons. The number of aryl methyl sites for hydroxylation is 1. The number of aliphatic hydroxyl groups is 1. The van der Waals surface area contributed by atoms with Gasteiger partial charge in [0.25, 0.3) is 0 Å². The summed E-state index contributed by atoms with van der Waals surface area (Å²) in [6.45, 7) is 5.78. The Morgan fingerprint density at radius 3 is 2.82 bits per heavy atom. The first-order valence-corrected chi connectivity index (χ1v) is 5.59. The van der Waals surface area contributed by atoms with Gasteiger partial charge in [0.05, 0.1) is 6.54 Å². The largest absolute Gasteiger partial charge is 0.463 e. The van der Waals surface area contributed by atoms with Crippen molar-refractivity contribution in [2.45, 2.75) is 26.4 Å². The molecule has 0 fully saturated rings. The highest BCUT2D eigenvalue weighted by molar-refractivity contribution is 5.77. The molecule has 1 aromatic rings. The molecule has 1 atom stereocenters. The quantitative estimate of drug-likeness (QED) is 0.777. The third-order valence-electron chi connectivity index (χ3n) is 2.34. The maximum Gasteiger partial charge on any atom is 0.246 e. The van der Waals surface area contributed by atoms with Gasteiger partial charge in [-0.2, -0.15) is 0 Å². The van der Waals surface area contributed by atoms with E-state index < -0.39 is 5.60 Å². The van der Waals surface area contributed by atoms with E-state index >= 15 is 0 Å². The summed E-state index contributed by atoms with van der Waals surface area (Å²) in [5.41, 5.74) is -1.21. The van der Waals surface area contributed by atoms with E-state index in [1.807, 2.05) is 6.92 Å². The summed E-state index contributed by atoms with van der Waals surface area (Å²) in [6.07, 6.45) is 0. The zero-order chi connectivity index (χ0) is 12.9. The normalized spacial score (nSPS) is 14.4. The number of nitrogens with one attached hydrogen (secondary N) is 1. The van der Waals surface area contributed by atoms with Gasteiger partial charge in [0.15, 0.2) is 0 Å². The van der Waals surface area contributed by atoms with Gasteiger partial charge in [0.2, 0.25) is 5.91 Å². The van der Waals surface area contributed by atoms with Crippen LogP contribution in [-0.2, 0) is 15.1 Å². The first-order valence-electron chi connectivity index (χ1n) is 5.59. The lowest BCUT2D eigenvalue weighted by Crippen LogP contribution is -2.39. The maximum atomic E-state index is 11.3. The molecule has 96 valence electrons. The number of hydrogen-bond donors (Lipinski definition) is 2. The summed E-state index contributed by atoms with van der Waals surface area (Å²) in [5.74, 6) is 0.906. The molecule has 0 aromatic carbocycles. The summed E-state index contributed by atoms with van der Waals surface area (Å²) in [7, 11) is 0. The van der Waals surface area contributed by atoms with Gasteiger partial charge in [-0.25, -0.2) is 0 Å². The molecule has 0 bridgehead atoms. The minimum atomic E-state index is -1.21. The van der Waals surface area contributed by atoms with Crippen LogP contribution >= 0.6 is 0 Å². The van der Waals surface area contributed by atoms with Crippen molar-refractivity contribution in [3.05, 3.63) is 23.7 Å². The Bertz CT molecular complexity index is 370. The predicted molar refractivity (Wildman–Crippen MR) is 62.5 cm³/mol. The van der Waals surface area contributed by atoms with Crippen molar-refractivity contribution in [1.29, 1.82) is 0 Å². The molecule has 1 rings (SSSR count). The van der Waals surface area contributed by atoms with Crippen LogP contribution in [0.25, 0.3) is 0 Å². The second-order valence-corrected chi connectivity index (χ2v) is 4.10. The fraction of sp³-hybridized carbons (Fsp3) is 0.583. The van der Waals surface area contributed by atoms with Crippen LogP contribution in [0.5, 0.6) is 0 Å². The molecule has 17 heavy (non-hydrogen) atoms. The van der Waals surface area contributed by atoms with Crippen molar-refractivity contribution in [2.75, 3.05) is 19.8 Å². The average molecular weight is 241 g/mol. The van der Waals surface area contributed by atoms with Crippen LogP contribution < -0.4 is 5.32 Å². The minimum Gasteiger partial charge on any atom is -0.463 e. The zero-order valence-electron chi connectivity index (χ0n) is 10.4. The van der Waals surface area contributed by atoms with Crippen molar-refractivity contribution in [3.8, 4) is 0 Å². The highest BCUT2D eigenvalue weighted by atomic mass is 16.5. The number of hydrogen-bond acceptors (Lipinski definition) is 4. The number of carbonyl (C=O) groups excluding carboxylic acids is 1. The molecule has 0 saturated carbocycles. The average Bonchev–Trinajstić information content (AvgIpc) is 2.71. The number of rotatable bonds is 6. The molecule has 1 aromatic heterocycles. The Balaban J connectivity index is 2.47. The topological polar surface area (TPSA) is 71.7 Å². The lowest BCUT2D eigenvalue weighted by Gasteiger charge is -2.21. The molecule has 5 heteroatoms. The van der Waals surface area contributed by atoms with Crippen molar-refractivity contribution in [2.24, 2.45) is 0 Å². The Kier molecular flexibility index (Phi) is 4.72. The van der Waals surface area contributed by atoms with Gasteiger partial charge in [-0.05, 0) is 32.9 Å². The Morgan fingerprint density at radius 2 is 2.29 bits per heavy atom. The molecule has 2 N–H and O–H groups in total. The third kappa shape index (κ3) is 4.20.